The number of rotatable bonds is 4. The van der Waals surface area contributed by atoms with Crippen LogP contribution in [0, 0.1) is 0 Å². The van der Waals surface area contributed by atoms with Gasteiger partial charge >= 0.3 is 17.9 Å². The molecule has 8 heteroatoms. The zero-order chi connectivity index (χ0) is 13.9. The van der Waals surface area contributed by atoms with Gasteiger partial charge in [0.15, 0.2) is 23.1 Å². The lowest BCUT2D eigenvalue weighted by molar-refractivity contribution is -0.165. The van der Waals surface area contributed by atoms with Crippen molar-refractivity contribution >= 4 is 49.8 Å². The molecule has 1 heterocycles. The van der Waals surface area contributed by atoms with Crippen LogP contribution in [-0.2, 0) is 28.6 Å². The van der Waals surface area contributed by atoms with E-state index in [1.807, 2.05) is 0 Å². The Morgan fingerprint density at radius 2 is 2.00 bits per heavy atom. The Hall–Kier alpha value is -0.630. The second-order valence-electron chi connectivity index (χ2n) is 3.68. The van der Waals surface area contributed by atoms with Gasteiger partial charge in [-0.15, -0.1) is 0 Å². The van der Waals surface area contributed by atoms with Crippen molar-refractivity contribution in [1.29, 1.82) is 0 Å². The molecule has 0 radical (unpaired) electrons. The molecule has 0 aromatic rings. The molecule has 0 unspecified atom stereocenters. The summed E-state index contributed by atoms with van der Waals surface area (Å²) in [6.07, 6.45) is -2.36. The summed E-state index contributed by atoms with van der Waals surface area (Å²) in [4.78, 5) is 32.7. The highest BCUT2D eigenvalue weighted by atomic mass is 79.9. The minimum absolute atomic E-state index is 0.266. The second kappa shape index (κ2) is 6.51. The Kier molecular flexibility index (Phi) is 5.58. The van der Waals surface area contributed by atoms with Crippen molar-refractivity contribution in [2.45, 2.75) is 37.0 Å². The van der Waals surface area contributed by atoms with E-state index in [9.17, 15) is 14.4 Å². The maximum absolute atomic E-state index is 11.5. The molecular formula is C10H12Br2O6. The van der Waals surface area contributed by atoms with E-state index < -0.39 is 41.0 Å². The molecule has 0 aromatic carbocycles. The van der Waals surface area contributed by atoms with Gasteiger partial charge in [0.1, 0.15) is 0 Å². The maximum Gasteiger partial charge on any atom is 0.324 e. The monoisotopic (exact) mass is 386 g/mol. The Morgan fingerprint density at radius 1 is 1.39 bits per heavy atom. The average molecular weight is 388 g/mol. The Labute approximate surface area is 121 Å². The first-order chi connectivity index (χ1) is 8.36. The second-order valence-corrected chi connectivity index (χ2v) is 5.31. The molecule has 102 valence electrons. The van der Waals surface area contributed by atoms with Gasteiger partial charge in [-0.05, 0) is 0 Å². The van der Waals surface area contributed by atoms with Gasteiger partial charge in [-0.3, -0.25) is 14.4 Å². The summed E-state index contributed by atoms with van der Waals surface area (Å²) in [6, 6.07) is 0. The molecule has 0 N–H and O–H groups in total. The summed E-state index contributed by atoms with van der Waals surface area (Å²) in [5, 5.41) is 0.266. The van der Waals surface area contributed by atoms with Crippen LogP contribution in [0.4, 0.5) is 0 Å². The summed E-state index contributed by atoms with van der Waals surface area (Å²) in [6.45, 7) is 2.48. The number of esters is 3. The smallest absolute Gasteiger partial charge is 0.324 e. The molecule has 0 saturated carbocycles. The molecule has 0 aromatic heterocycles. The van der Waals surface area contributed by atoms with Crippen LogP contribution in [0.25, 0.3) is 0 Å². The quantitative estimate of drug-likeness (QED) is 0.405. The summed E-state index contributed by atoms with van der Waals surface area (Å²) < 4.78 is 15.1. The fourth-order valence-corrected chi connectivity index (χ4v) is 2.59. The SMILES string of the molecule is CC(=O)O[C@H]1[C@@H]([C@@H](CBr)OC(C)=O)OC(=O)[C@@H]1Br. The first kappa shape index (κ1) is 15.4. The minimum atomic E-state index is -0.825. The number of carbonyl (C=O) groups is 3. The molecule has 1 rings (SSSR count). The highest BCUT2D eigenvalue weighted by Gasteiger charge is 2.50. The van der Waals surface area contributed by atoms with Crippen LogP contribution in [0.15, 0.2) is 0 Å². The number of ether oxygens (including phenoxy) is 3. The Balaban J connectivity index is 2.85. The molecule has 0 bridgehead atoms. The first-order valence-corrected chi connectivity index (χ1v) is 7.15. The zero-order valence-corrected chi connectivity index (χ0v) is 12.9. The maximum atomic E-state index is 11.5. The zero-order valence-electron chi connectivity index (χ0n) is 9.72. The van der Waals surface area contributed by atoms with E-state index >= 15 is 0 Å². The van der Waals surface area contributed by atoms with Crippen LogP contribution in [0.5, 0.6) is 0 Å². The van der Waals surface area contributed by atoms with Crippen molar-refractivity contribution in [3.63, 3.8) is 0 Å². The van der Waals surface area contributed by atoms with Gasteiger partial charge < -0.3 is 14.2 Å². The lowest BCUT2D eigenvalue weighted by Gasteiger charge is -2.25. The molecule has 1 aliphatic heterocycles. The molecule has 1 aliphatic rings. The molecular weight excluding hydrogens is 376 g/mol. The van der Waals surface area contributed by atoms with Crippen molar-refractivity contribution < 1.29 is 28.6 Å². The van der Waals surface area contributed by atoms with Gasteiger partial charge in [0.05, 0.1) is 0 Å². The third-order valence-electron chi connectivity index (χ3n) is 2.23. The third kappa shape index (κ3) is 3.68. The summed E-state index contributed by atoms with van der Waals surface area (Å²) in [7, 11) is 0. The predicted molar refractivity (Wildman–Crippen MR) is 67.5 cm³/mol. The summed E-state index contributed by atoms with van der Waals surface area (Å²) in [5.41, 5.74) is 0. The van der Waals surface area contributed by atoms with Crippen LogP contribution < -0.4 is 0 Å². The van der Waals surface area contributed by atoms with E-state index in [0.717, 1.165) is 0 Å². The molecule has 1 saturated heterocycles. The van der Waals surface area contributed by atoms with Gasteiger partial charge in [0, 0.05) is 19.2 Å². The van der Waals surface area contributed by atoms with Crippen molar-refractivity contribution in [3.8, 4) is 0 Å². The molecule has 0 aliphatic carbocycles. The van der Waals surface area contributed by atoms with Crippen molar-refractivity contribution in [1.82, 2.24) is 0 Å². The molecule has 6 nitrogen and oxygen atoms in total. The number of hydrogen-bond donors (Lipinski definition) is 0. The number of carbonyl (C=O) groups excluding carboxylic acids is 3. The van der Waals surface area contributed by atoms with Crippen molar-refractivity contribution in [2.75, 3.05) is 5.33 Å². The van der Waals surface area contributed by atoms with Crippen molar-refractivity contribution in [2.24, 2.45) is 0 Å². The number of cyclic esters (lactones) is 1. The van der Waals surface area contributed by atoms with Crippen LogP contribution in [0.2, 0.25) is 0 Å². The number of halogens is 2. The van der Waals surface area contributed by atoms with Crippen molar-refractivity contribution in [3.05, 3.63) is 0 Å². The van der Waals surface area contributed by atoms with E-state index in [-0.39, 0.29) is 5.33 Å². The Morgan fingerprint density at radius 3 is 2.44 bits per heavy atom. The molecule has 0 spiro atoms. The van der Waals surface area contributed by atoms with Gasteiger partial charge in [-0.25, -0.2) is 0 Å². The van der Waals surface area contributed by atoms with E-state index in [4.69, 9.17) is 14.2 Å². The van der Waals surface area contributed by atoms with E-state index in [2.05, 4.69) is 31.9 Å². The Bertz CT molecular complexity index is 358. The number of hydrogen-bond acceptors (Lipinski definition) is 6. The molecule has 0 amide bonds. The highest BCUT2D eigenvalue weighted by Crippen LogP contribution is 2.29. The van der Waals surface area contributed by atoms with Crippen LogP contribution >= 0.6 is 31.9 Å². The van der Waals surface area contributed by atoms with Gasteiger partial charge in [0.25, 0.3) is 0 Å². The fraction of sp³-hybridized carbons (Fsp3) is 0.700. The van der Waals surface area contributed by atoms with Crippen LogP contribution in [0.3, 0.4) is 0 Å². The molecule has 4 atom stereocenters. The van der Waals surface area contributed by atoms with Gasteiger partial charge in [-0.2, -0.15) is 0 Å². The normalized spacial score (nSPS) is 28.4. The standard InChI is InChI=1S/C10H12Br2O6/c1-4(13)16-6(3-11)8-9(17-5(2)14)7(12)10(15)18-8/h6-9H,3H2,1-2H3/t6-,7-,8-,9-/m1/s1. The average Bonchev–Trinajstić information content (AvgIpc) is 2.53. The largest absolute Gasteiger partial charge is 0.458 e. The van der Waals surface area contributed by atoms with E-state index in [1.165, 1.54) is 13.8 Å². The number of alkyl halides is 2. The summed E-state index contributed by atoms with van der Waals surface area (Å²) >= 11 is 6.26. The van der Waals surface area contributed by atoms with E-state index in [0.29, 0.717) is 0 Å². The third-order valence-corrected chi connectivity index (χ3v) is 3.76. The van der Waals surface area contributed by atoms with E-state index in [1.54, 1.807) is 0 Å². The predicted octanol–water partition coefficient (Wildman–Crippen LogP) is 0.934. The lowest BCUT2D eigenvalue weighted by Crippen LogP contribution is -2.43. The van der Waals surface area contributed by atoms with Gasteiger partial charge in [-0.1, -0.05) is 31.9 Å². The molecule has 1 fully saturated rings. The summed E-state index contributed by atoms with van der Waals surface area (Å²) in [5.74, 6) is -1.59. The van der Waals surface area contributed by atoms with Crippen LogP contribution in [0.1, 0.15) is 13.8 Å². The van der Waals surface area contributed by atoms with Crippen LogP contribution in [-0.4, -0.2) is 46.4 Å². The van der Waals surface area contributed by atoms with Gasteiger partial charge in [0.2, 0.25) is 0 Å². The lowest BCUT2D eigenvalue weighted by atomic mass is 10.1. The fourth-order valence-electron chi connectivity index (χ4n) is 1.57. The first-order valence-electron chi connectivity index (χ1n) is 5.11. The minimum Gasteiger partial charge on any atom is -0.458 e. The highest BCUT2D eigenvalue weighted by molar-refractivity contribution is 9.10. The molecule has 18 heavy (non-hydrogen) atoms. The topological polar surface area (TPSA) is 78.9 Å².